The predicted molar refractivity (Wildman–Crippen MR) is 106 cm³/mol. The van der Waals surface area contributed by atoms with E-state index in [2.05, 4.69) is 10.5 Å². The first-order chi connectivity index (χ1) is 12.8. The van der Waals surface area contributed by atoms with Crippen LogP contribution in [0.4, 0.5) is 5.69 Å². The number of nitrogens with one attached hydrogen (secondary N) is 1. The Balaban J connectivity index is 1.66. The van der Waals surface area contributed by atoms with Gasteiger partial charge in [0.1, 0.15) is 6.61 Å². The van der Waals surface area contributed by atoms with Gasteiger partial charge in [-0.25, -0.2) is 0 Å². The number of nitrogens with zero attached hydrogens (tertiary/aromatic N) is 1. The van der Waals surface area contributed by atoms with Gasteiger partial charge in [0.15, 0.2) is 11.5 Å². The number of benzene rings is 3. The molecule has 0 aliphatic rings. The lowest BCUT2D eigenvalue weighted by Gasteiger charge is -2.11. The first kappa shape index (κ1) is 17.8. The van der Waals surface area contributed by atoms with Gasteiger partial charge in [0.05, 0.1) is 24.0 Å². The Labute approximate surface area is 158 Å². The van der Waals surface area contributed by atoms with Crippen LogP contribution in [0.2, 0.25) is 5.02 Å². The molecular formula is C21H19ClN2O2. The monoisotopic (exact) mass is 366 g/mol. The first-order valence-corrected chi connectivity index (χ1v) is 8.52. The van der Waals surface area contributed by atoms with Crippen LogP contribution in [-0.2, 0) is 6.61 Å². The minimum Gasteiger partial charge on any atom is -0.493 e. The van der Waals surface area contributed by atoms with Crippen LogP contribution in [0.1, 0.15) is 11.1 Å². The van der Waals surface area contributed by atoms with Crippen molar-refractivity contribution in [2.75, 3.05) is 12.5 Å². The summed E-state index contributed by atoms with van der Waals surface area (Å²) in [7, 11) is 1.62. The van der Waals surface area contributed by atoms with Crippen molar-refractivity contribution < 1.29 is 9.47 Å². The van der Waals surface area contributed by atoms with E-state index in [4.69, 9.17) is 21.1 Å². The maximum absolute atomic E-state index is 6.09. The molecule has 0 bridgehead atoms. The molecule has 0 fully saturated rings. The van der Waals surface area contributed by atoms with E-state index in [1.807, 2.05) is 66.7 Å². The molecule has 3 aromatic rings. The first-order valence-electron chi connectivity index (χ1n) is 8.14. The highest BCUT2D eigenvalue weighted by Crippen LogP contribution is 2.28. The molecule has 0 atom stereocenters. The second-order valence-corrected chi connectivity index (χ2v) is 5.94. The fourth-order valence-corrected chi connectivity index (χ4v) is 2.53. The number of halogens is 1. The van der Waals surface area contributed by atoms with Crippen molar-refractivity contribution >= 4 is 23.5 Å². The summed E-state index contributed by atoms with van der Waals surface area (Å²) in [5.74, 6) is 1.34. The zero-order valence-corrected chi connectivity index (χ0v) is 15.1. The summed E-state index contributed by atoms with van der Waals surface area (Å²) < 4.78 is 11.3. The minimum atomic E-state index is 0.485. The molecule has 1 N–H and O–H groups in total. The van der Waals surface area contributed by atoms with Gasteiger partial charge in [-0.2, -0.15) is 5.10 Å². The summed E-state index contributed by atoms with van der Waals surface area (Å²) in [5, 5.41) is 4.83. The molecule has 0 radical (unpaired) electrons. The number of rotatable bonds is 7. The number of anilines is 1. The maximum Gasteiger partial charge on any atom is 0.161 e. The van der Waals surface area contributed by atoms with Crippen LogP contribution in [0.5, 0.6) is 11.5 Å². The van der Waals surface area contributed by atoms with Gasteiger partial charge in [-0.15, -0.1) is 0 Å². The Morgan fingerprint density at radius 3 is 2.50 bits per heavy atom. The van der Waals surface area contributed by atoms with Crippen LogP contribution in [0.25, 0.3) is 0 Å². The second kappa shape index (κ2) is 8.92. The molecule has 0 unspecified atom stereocenters. The molecule has 0 saturated carbocycles. The van der Waals surface area contributed by atoms with Crippen molar-refractivity contribution in [1.29, 1.82) is 0 Å². The highest BCUT2D eigenvalue weighted by molar-refractivity contribution is 6.33. The van der Waals surface area contributed by atoms with Crippen LogP contribution in [0, 0.1) is 0 Å². The minimum absolute atomic E-state index is 0.485. The summed E-state index contributed by atoms with van der Waals surface area (Å²) in [6.07, 6.45) is 1.70. The van der Waals surface area contributed by atoms with Gasteiger partial charge in [-0.1, -0.05) is 54.1 Å². The molecule has 3 rings (SSSR count). The van der Waals surface area contributed by atoms with Gasteiger partial charge >= 0.3 is 0 Å². The van der Waals surface area contributed by atoms with Gasteiger partial charge in [0.2, 0.25) is 0 Å². The topological polar surface area (TPSA) is 42.8 Å². The zero-order chi connectivity index (χ0) is 18.2. The lowest BCUT2D eigenvalue weighted by Crippen LogP contribution is -1.98. The van der Waals surface area contributed by atoms with Gasteiger partial charge in [0.25, 0.3) is 0 Å². The SMILES string of the molecule is COc1cc(/C=N\Nc2ccccc2Cl)ccc1OCc1ccccc1. The highest BCUT2D eigenvalue weighted by Gasteiger charge is 2.05. The van der Waals surface area contributed by atoms with E-state index in [1.165, 1.54) is 0 Å². The zero-order valence-electron chi connectivity index (χ0n) is 14.4. The number of hydrogen-bond donors (Lipinski definition) is 1. The van der Waals surface area contributed by atoms with E-state index in [0.29, 0.717) is 23.1 Å². The van der Waals surface area contributed by atoms with E-state index in [9.17, 15) is 0 Å². The van der Waals surface area contributed by atoms with Crippen molar-refractivity contribution in [2.45, 2.75) is 6.61 Å². The Kier molecular flexibility index (Phi) is 6.12. The largest absolute Gasteiger partial charge is 0.493 e. The van der Waals surface area contributed by atoms with Crippen LogP contribution >= 0.6 is 11.6 Å². The van der Waals surface area contributed by atoms with E-state index in [1.54, 1.807) is 19.4 Å². The number of ether oxygens (including phenoxy) is 2. The van der Waals surface area contributed by atoms with Crippen LogP contribution in [0.15, 0.2) is 77.9 Å². The highest BCUT2D eigenvalue weighted by atomic mass is 35.5. The Hall–Kier alpha value is -2.98. The van der Waals surface area contributed by atoms with Crippen LogP contribution < -0.4 is 14.9 Å². The molecule has 0 aliphatic carbocycles. The van der Waals surface area contributed by atoms with E-state index in [0.717, 1.165) is 16.8 Å². The summed E-state index contributed by atoms with van der Waals surface area (Å²) >= 11 is 6.09. The molecule has 0 saturated heterocycles. The quantitative estimate of drug-likeness (QED) is 0.451. The number of hydrogen-bond acceptors (Lipinski definition) is 4. The Morgan fingerprint density at radius 1 is 0.962 bits per heavy atom. The van der Waals surface area contributed by atoms with Gasteiger partial charge in [0, 0.05) is 0 Å². The van der Waals surface area contributed by atoms with E-state index >= 15 is 0 Å². The normalized spacial score (nSPS) is 10.7. The van der Waals surface area contributed by atoms with E-state index in [-0.39, 0.29) is 0 Å². The summed E-state index contributed by atoms with van der Waals surface area (Å²) in [6.45, 7) is 0.485. The number of methoxy groups -OCH3 is 1. The molecule has 0 spiro atoms. The van der Waals surface area contributed by atoms with Gasteiger partial charge in [-0.05, 0) is 41.5 Å². The smallest absolute Gasteiger partial charge is 0.161 e. The van der Waals surface area contributed by atoms with E-state index < -0.39 is 0 Å². The standard InChI is InChI=1S/C21H19ClN2O2/c1-25-21-13-17(14-23-24-19-10-6-5-9-18(19)22)11-12-20(21)26-15-16-7-3-2-4-8-16/h2-14,24H,15H2,1H3/b23-14-. The molecule has 26 heavy (non-hydrogen) atoms. The fraction of sp³-hybridized carbons (Fsp3) is 0.0952. The Bertz CT molecular complexity index is 882. The Morgan fingerprint density at radius 2 is 1.73 bits per heavy atom. The summed E-state index contributed by atoms with van der Waals surface area (Å²) in [6, 6.07) is 23.1. The summed E-state index contributed by atoms with van der Waals surface area (Å²) in [5.41, 5.74) is 5.66. The summed E-state index contributed by atoms with van der Waals surface area (Å²) in [4.78, 5) is 0. The van der Waals surface area contributed by atoms with Crippen molar-refractivity contribution in [3.63, 3.8) is 0 Å². The lowest BCUT2D eigenvalue weighted by atomic mass is 10.2. The third-order valence-corrected chi connectivity index (χ3v) is 4.03. The van der Waals surface area contributed by atoms with Crippen molar-refractivity contribution in [3.05, 3.63) is 88.9 Å². The van der Waals surface area contributed by atoms with Gasteiger partial charge in [-0.3, -0.25) is 5.43 Å². The maximum atomic E-state index is 6.09. The molecule has 0 amide bonds. The molecule has 4 nitrogen and oxygen atoms in total. The molecule has 0 aliphatic heterocycles. The molecule has 0 heterocycles. The van der Waals surface area contributed by atoms with Crippen LogP contribution in [0.3, 0.4) is 0 Å². The van der Waals surface area contributed by atoms with Crippen molar-refractivity contribution in [2.24, 2.45) is 5.10 Å². The predicted octanol–water partition coefficient (Wildman–Crippen LogP) is 5.37. The molecule has 5 heteroatoms. The molecular weight excluding hydrogens is 348 g/mol. The average Bonchev–Trinajstić information content (AvgIpc) is 2.69. The van der Waals surface area contributed by atoms with Gasteiger partial charge < -0.3 is 9.47 Å². The number of hydrazone groups is 1. The molecule has 0 aromatic heterocycles. The third-order valence-electron chi connectivity index (χ3n) is 3.70. The second-order valence-electron chi connectivity index (χ2n) is 5.53. The lowest BCUT2D eigenvalue weighted by molar-refractivity contribution is 0.284. The molecule has 132 valence electrons. The fourth-order valence-electron chi connectivity index (χ4n) is 2.35. The van der Waals surface area contributed by atoms with Crippen molar-refractivity contribution in [1.82, 2.24) is 0 Å². The number of para-hydroxylation sites is 1. The molecule has 3 aromatic carbocycles. The average molecular weight is 367 g/mol. The third kappa shape index (κ3) is 4.77. The van der Waals surface area contributed by atoms with Crippen LogP contribution in [-0.4, -0.2) is 13.3 Å². The van der Waals surface area contributed by atoms with Crippen molar-refractivity contribution in [3.8, 4) is 11.5 Å².